The number of halogens is 1. The average Bonchev–Trinajstić information content (AvgIpc) is 2.53. The first-order valence-corrected chi connectivity index (χ1v) is 9.30. The molecule has 23 heavy (non-hydrogen) atoms. The molecule has 3 rings (SSSR count). The van der Waals surface area contributed by atoms with Gasteiger partial charge in [0.15, 0.2) is 0 Å². The van der Waals surface area contributed by atoms with Crippen molar-refractivity contribution in [2.45, 2.75) is 39.2 Å². The van der Waals surface area contributed by atoms with Crippen LogP contribution < -0.4 is 4.90 Å². The van der Waals surface area contributed by atoms with Crippen LogP contribution in [0.4, 0.5) is 0 Å². The van der Waals surface area contributed by atoms with E-state index in [9.17, 15) is 4.79 Å². The van der Waals surface area contributed by atoms with Gasteiger partial charge in [0.1, 0.15) is 0 Å². The summed E-state index contributed by atoms with van der Waals surface area (Å²) < 4.78 is 0. The number of likely N-dealkylation sites (tertiary alicyclic amines) is 2. The van der Waals surface area contributed by atoms with Gasteiger partial charge in [0, 0.05) is 48.4 Å². The second kappa shape index (κ2) is 7.23. The lowest BCUT2D eigenvalue weighted by atomic mass is 9.89. The fraction of sp³-hybridized carbons (Fsp3) is 0.632. The molecule has 0 unspecified atom stereocenters. The SMILES string of the molecule is C[C@@H]1C[C@@H](C)C[NH+](C2CCN(C(=O)c3cccc(Cl)c3)CC2)C1. The first-order valence-electron chi connectivity index (χ1n) is 8.92. The number of hydrogen-bond donors (Lipinski definition) is 1. The van der Waals surface area contributed by atoms with Gasteiger partial charge in [-0.1, -0.05) is 31.5 Å². The minimum Gasteiger partial charge on any atom is -0.338 e. The Labute approximate surface area is 144 Å². The molecule has 0 aromatic heterocycles. The number of quaternary nitrogens is 1. The van der Waals surface area contributed by atoms with Crippen molar-refractivity contribution in [2.75, 3.05) is 26.2 Å². The highest BCUT2D eigenvalue weighted by Gasteiger charge is 2.34. The number of amides is 1. The number of hydrogen-bond acceptors (Lipinski definition) is 1. The van der Waals surface area contributed by atoms with Crippen LogP contribution in [0.1, 0.15) is 43.5 Å². The normalized spacial score (nSPS) is 29.5. The second-order valence-electron chi connectivity index (χ2n) is 7.59. The van der Waals surface area contributed by atoms with E-state index in [-0.39, 0.29) is 5.91 Å². The maximum Gasteiger partial charge on any atom is 0.253 e. The Morgan fingerprint density at radius 2 is 1.83 bits per heavy atom. The molecule has 0 radical (unpaired) electrons. The smallest absolute Gasteiger partial charge is 0.253 e. The number of nitrogens with one attached hydrogen (secondary N) is 1. The Morgan fingerprint density at radius 3 is 2.43 bits per heavy atom. The van der Waals surface area contributed by atoms with Gasteiger partial charge < -0.3 is 9.80 Å². The van der Waals surface area contributed by atoms with Gasteiger partial charge in [-0.3, -0.25) is 4.79 Å². The topological polar surface area (TPSA) is 24.8 Å². The van der Waals surface area contributed by atoms with Crippen molar-refractivity contribution in [2.24, 2.45) is 11.8 Å². The molecular formula is C19H28ClN2O+. The highest BCUT2D eigenvalue weighted by atomic mass is 35.5. The summed E-state index contributed by atoms with van der Waals surface area (Å²) in [6, 6.07) is 8.02. The molecule has 2 atom stereocenters. The van der Waals surface area contributed by atoms with Crippen LogP contribution in [0.3, 0.4) is 0 Å². The zero-order chi connectivity index (χ0) is 16.4. The minimum atomic E-state index is 0.126. The molecule has 2 fully saturated rings. The van der Waals surface area contributed by atoms with Crippen molar-refractivity contribution in [3.8, 4) is 0 Å². The molecule has 126 valence electrons. The van der Waals surface area contributed by atoms with Crippen LogP contribution in [-0.2, 0) is 0 Å². The first-order chi connectivity index (χ1) is 11.0. The largest absolute Gasteiger partial charge is 0.338 e. The van der Waals surface area contributed by atoms with E-state index in [0.29, 0.717) is 10.6 Å². The maximum absolute atomic E-state index is 12.6. The number of carbonyl (C=O) groups is 1. The summed E-state index contributed by atoms with van der Waals surface area (Å²) in [5.41, 5.74) is 0.712. The zero-order valence-corrected chi connectivity index (χ0v) is 15.0. The van der Waals surface area contributed by atoms with E-state index in [0.717, 1.165) is 43.8 Å². The van der Waals surface area contributed by atoms with Crippen LogP contribution in [-0.4, -0.2) is 43.0 Å². The number of benzene rings is 1. The molecule has 0 spiro atoms. The highest BCUT2D eigenvalue weighted by molar-refractivity contribution is 6.30. The van der Waals surface area contributed by atoms with Crippen LogP contribution in [0, 0.1) is 11.8 Å². The van der Waals surface area contributed by atoms with E-state index in [4.69, 9.17) is 11.6 Å². The summed E-state index contributed by atoms with van der Waals surface area (Å²) in [5.74, 6) is 1.79. The third-order valence-electron chi connectivity index (χ3n) is 5.46. The van der Waals surface area contributed by atoms with E-state index in [2.05, 4.69) is 13.8 Å². The standard InChI is InChI=1S/C19H27ClN2O/c1-14-10-15(2)13-22(12-14)18-6-8-21(9-7-18)19(23)16-4-3-5-17(20)11-16/h3-5,11,14-15,18H,6-10,12-13H2,1-2H3/p+1/t14-,15-/m1/s1. The van der Waals surface area contributed by atoms with E-state index in [1.165, 1.54) is 19.5 Å². The van der Waals surface area contributed by atoms with E-state index in [1.807, 2.05) is 23.1 Å². The van der Waals surface area contributed by atoms with Gasteiger partial charge in [0.2, 0.25) is 0 Å². The van der Waals surface area contributed by atoms with Crippen molar-refractivity contribution < 1.29 is 9.69 Å². The number of carbonyl (C=O) groups excluding carboxylic acids is 1. The monoisotopic (exact) mass is 335 g/mol. The molecule has 3 nitrogen and oxygen atoms in total. The third-order valence-corrected chi connectivity index (χ3v) is 5.69. The van der Waals surface area contributed by atoms with Crippen LogP contribution in [0.25, 0.3) is 0 Å². The van der Waals surface area contributed by atoms with Gasteiger partial charge in [0.25, 0.3) is 5.91 Å². The zero-order valence-electron chi connectivity index (χ0n) is 14.2. The summed E-state index contributed by atoms with van der Waals surface area (Å²) >= 11 is 6.01. The van der Waals surface area contributed by atoms with Crippen molar-refractivity contribution in [1.29, 1.82) is 0 Å². The van der Waals surface area contributed by atoms with Crippen LogP contribution >= 0.6 is 11.6 Å². The van der Waals surface area contributed by atoms with Crippen molar-refractivity contribution >= 4 is 17.5 Å². The van der Waals surface area contributed by atoms with Crippen LogP contribution in [0.5, 0.6) is 0 Å². The molecule has 2 heterocycles. The number of nitrogens with zero attached hydrogens (tertiary/aromatic N) is 1. The van der Waals surface area contributed by atoms with E-state index < -0.39 is 0 Å². The van der Waals surface area contributed by atoms with Gasteiger partial charge in [-0.05, 0) is 24.6 Å². The summed E-state index contributed by atoms with van der Waals surface area (Å²) in [6.07, 6.45) is 3.62. The Morgan fingerprint density at radius 1 is 1.17 bits per heavy atom. The van der Waals surface area contributed by atoms with E-state index >= 15 is 0 Å². The molecule has 1 aromatic carbocycles. The van der Waals surface area contributed by atoms with Crippen LogP contribution in [0.2, 0.25) is 5.02 Å². The molecule has 1 aromatic rings. The highest BCUT2D eigenvalue weighted by Crippen LogP contribution is 2.18. The summed E-state index contributed by atoms with van der Waals surface area (Å²) in [7, 11) is 0. The fourth-order valence-electron chi connectivity index (χ4n) is 4.46. The molecule has 2 aliphatic heterocycles. The maximum atomic E-state index is 12.6. The Kier molecular flexibility index (Phi) is 5.27. The Bertz CT molecular complexity index is 544. The average molecular weight is 336 g/mol. The first kappa shape index (κ1) is 16.8. The molecule has 1 amide bonds. The summed E-state index contributed by atoms with van der Waals surface area (Å²) in [5, 5.41) is 0.631. The van der Waals surface area contributed by atoms with Gasteiger partial charge in [-0.2, -0.15) is 0 Å². The van der Waals surface area contributed by atoms with Crippen molar-refractivity contribution in [3.05, 3.63) is 34.9 Å². The van der Waals surface area contributed by atoms with Gasteiger partial charge in [0.05, 0.1) is 19.1 Å². The molecule has 0 bridgehead atoms. The third kappa shape index (κ3) is 4.07. The molecule has 0 saturated carbocycles. The quantitative estimate of drug-likeness (QED) is 0.882. The summed E-state index contributed by atoms with van der Waals surface area (Å²) in [4.78, 5) is 16.4. The molecule has 4 heteroatoms. The second-order valence-corrected chi connectivity index (χ2v) is 8.03. The summed E-state index contributed by atoms with van der Waals surface area (Å²) in [6.45, 7) is 9.12. The Balaban J connectivity index is 1.57. The number of rotatable bonds is 2. The van der Waals surface area contributed by atoms with Gasteiger partial charge in [-0.25, -0.2) is 0 Å². The Hall–Kier alpha value is -1.06. The van der Waals surface area contributed by atoms with Crippen molar-refractivity contribution in [3.63, 3.8) is 0 Å². The predicted octanol–water partition coefficient (Wildman–Crippen LogP) is 2.51. The predicted molar refractivity (Wildman–Crippen MR) is 94.0 cm³/mol. The molecule has 2 aliphatic rings. The molecule has 1 N–H and O–H groups in total. The fourth-order valence-corrected chi connectivity index (χ4v) is 4.65. The molecular weight excluding hydrogens is 308 g/mol. The minimum absolute atomic E-state index is 0.126. The van der Waals surface area contributed by atoms with E-state index in [1.54, 1.807) is 11.0 Å². The van der Waals surface area contributed by atoms with Gasteiger partial charge in [-0.15, -0.1) is 0 Å². The lowest BCUT2D eigenvalue weighted by molar-refractivity contribution is -0.938. The number of piperidine rings is 2. The lowest BCUT2D eigenvalue weighted by Crippen LogP contribution is -3.18. The van der Waals surface area contributed by atoms with Crippen LogP contribution in [0.15, 0.2) is 24.3 Å². The van der Waals surface area contributed by atoms with Crippen molar-refractivity contribution in [1.82, 2.24) is 4.90 Å². The molecule has 0 aliphatic carbocycles. The van der Waals surface area contributed by atoms with Gasteiger partial charge >= 0.3 is 0 Å². The molecule has 2 saturated heterocycles. The lowest BCUT2D eigenvalue weighted by Gasteiger charge is -2.41.